The standard InChI is InChI=1S/C15H16N4O/c20-15(14-4-2-8-17-14)19-18-10-11-5-6-13-12(9-11)3-1-7-16-13/h1,3,5-7,9-10,14,17H,2,4,8H2,(H,19,20)/t14-/m0/s1. The number of hydrogen-bond donors (Lipinski definition) is 2. The molecule has 0 saturated carbocycles. The molecule has 1 aliphatic rings. The first-order valence-electron chi connectivity index (χ1n) is 6.74. The average molecular weight is 268 g/mol. The molecule has 1 fully saturated rings. The van der Waals surface area contributed by atoms with Gasteiger partial charge >= 0.3 is 0 Å². The van der Waals surface area contributed by atoms with Gasteiger partial charge < -0.3 is 5.32 Å². The second-order valence-electron chi connectivity index (χ2n) is 4.84. The summed E-state index contributed by atoms with van der Waals surface area (Å²) in [4.78, 5) is 16.0. The van der Waals surface area contributed by atoms with Crippen LogP contribution in [0.25, 0.3) is 10.9 Å². The molecule has 0 spiro atoms. The molecule has 0 radical (unpaired) electrons. The summed E-state index contributed by atoms with van der Waals surface area (Å²) in [5.41, 5.74) is 4.46. The highest BCUT2D eigenvalue weighted by Gasteiger charge is 2.21. The molecular formula is C15H16N4O. The zero-order valence-corrected chi connectivity index (χ0v) is 11.0. The van der Waals surface area contributed by atoms with E-state index in [4.69, 9.17) is 0 Å². The van der Waals surface area contributed by atoms with Crippen molar-refractivity contribution < 1.29 is 4.79 Å². The van der Waals surface area contributed by atoms with Gasteiger partial charge in [0, 0.05) is 11.6 Å². The molecular weight excluding hydrogens is 252 g/mol. The van der Waals surface area contributed by atoms with Crippen molar-refractivity contribution in [1.82, 2.24) is 15.7 Å². The summed E-state index contributed by atoms with van der Waals surface area (Å²) in [6.07, 6.45) is 5.34. The highest BCUT2D eigenvalue weighted by molar-refractivity contribution is 5.89. The Bertz CT molecular complexity index is 647. The number of carbonyl (C=O) groups is 1. The van der Waals surface area contributed by atoms with Crippen LogP contribution in [0.15, 0.2) is 41.6 Å². The zero-order chi connectivity index (χ0) is 13.8. The first-order chi connectivity index (χ1) is 9.83. The highest BCUT2D eigenvalue weighted by Crippen LogP contribution is 2.11. The van der Waals surface area contributed by atoms with Gasteiger partial charge in [0.1, 0.15) is 0 Å². The lowest BCUT2D eigenvalue weighted by molar-refractivity contribution is -0.122. The lowest BCUT2D eigenvalue weighted by Crippen LogP contribution is -2.38. The molecule has 1 amide bonds. The SMILES string of the molecule is O=C(NN=Cc1ccc2ncccc2c1)[C@@H]1CCCN1. The molecule has 2 heterocycles. The van der Waals surface area contributed by atoms with Crippen molar-refractivity contribution in [3.63, 3.8) is 0 Å². The second-order valence-corrected chi connectivity index (χ2v) is 4.84. The maximum atomic E-state index is 11.8. The molecule has 5 nitrogen and oxygen atoms in total. The molecule has 2 N–H and O–H groups in total. The quantitative estimate of drug-likeness (QED) is 0.654. The topological polar surface area (TPSA) is 66.4 Å². The number of rotatable bonds is 3. The minimum Gasteiger partial charge on any atom is -0.306 e. The summed E-state index contributed by atoms with van der Waals surface area (Å²) in [6.45, 7) is 0.902. The Balaban J connectivity index is 1.66. The van der Waals surface area contributed by atoms with E-state index in [1.54, 1.807) is 12.4 Å². The number of amides is 1. The predicted octanol–water partition coefficient (Wildman–Crippen LogP) is 1.44. The number of aromatic nitrogens is 1. The van der Waals surface area contributed by atoms with E-state index in [0.29, 0.717) is 0 Å². The number of fused-ring (bicyclic) bond motifs is 1. The first kappa shape index (κ1) is 12.7. The minimum absolute atomic E-state index is 0.0683. The lowest BCUT2D eigenvalue weighted by Gasteiger charge is -2.06. The van der Waals surface area contributed by atoms with Crippen molar-refractivity contribution in [2.45, 2.75) is 18.9 Å². The Labute approximate surface area is 117 Å². The third-order valence-corrected chi connectivity index (χ3v) is 3.39. The number of benzene rings is 1. The van der Waals surface area contributed by atoms with Gasteiger partial charge in [0.15, 0.2) is 0 Å². The summed E-state index contributed by atoms with van der Waals surface area (Å²) >= 11 is 0. The van der Waals surface area contributed by atoms with Gasteiger partial charge in [0.2, 0.25) is 0 Å². The normalized spacial score (nSPS) is 18.7. The van der Waals surface area contributed by atoms with E-state index in [9.17, 15) is 4.79 Å². The Morgan fingerprint density at radius 3 is 3.25 bits per heavy atom. The number of pyridine rings is 1. The van der Waals surface area contributed by atoms with Gasteiger partial charge in [-0.2, -0.15) is 5.10 Å². The summed E-state index contributed by atoms with van der Waals surface area (Å²) in [5.74, 6) is -0.0683. The van der Waals surface area contributed by atoms with E-state index in [0.717, 1.165) is 35.9 Å². The van der Waals surface area contributed by atoms with Crippen LogP contribution in [0.5, 0.6) is 0 Å². The van der Waals surface area contributed by atoms with Crippen LogP contribution in [-0.4, -0.2) is 29.7 Å². The van der Waals surface area contributed by atoms with Crippen molar-refractivity contribution in [2.24, 2.45) is 5.10 Å². The van der Waals surface area contributed by atoms with Crippen molar-refractivity contribution in [3.8, 4) is 0 Å². The molecule has 2 aromatic rings. The molecule has 20 heavy (non-hydrogen) atoms. The molecule has 1 atom stereocenters. The van der Waals surface area contributed by atoms with Crippen molar-refractivity contribution in [1.29, 1.82) is 0 Å². The monoisotopic (exact) mass is 268 g/mol. The average Bonchev–Trinajstić information content (AvgIpc) is 3.01. The second kappa shape index (κ2) is 5.79. The van der Waals surface area contributed by atoms with Gasteiger partial charge in [-0.05, 0) is 43.1 Å². The van der Waals surface area contributed by atoms with Crippen LogP contribution in [0, 0.1) is 0 Å². The summed E-state index contributed by atoms with van der Waals surface area (Å²) in [6, 6.07) is 9.66. The Morgan fingerprint density at radius 2 is 2.40 bits per heavy atom. The van der Waals surface area contributed by atoms with Crippen LogP contribution in [0.2, 0.25) is 0 Å². The molecule has 0 unspecified atom stereocenters. The first-order valence-corrected chi connectivity index (χ1v) is 6.74. The molecule has 5 heteroatoms. The molecule has 102 valence electrons. The summed E-state index contributed by atoms with van der Waals surface area (Å²) in [5, 5.41) is 8.20. The van der Waals surface area contributed by atoms with E-state index < -0.39 is 0 Å². The fraction of sp³-hybridized carbons (Fsp3) is 0.267. The predicted molar refractivity (Wildman–Crippen MR) is 78.5 cm³/mol. The largest absolute Gasteiger partial charge is 0.306 e. The van der Waals surface area contributed by atoms with Gasteiger partial charge in [-0.15, -0.1) is 0 Å². The van der Waals surface area contributed by atoms with Crippen LogP contribution in [0.1, 0.15) is 18.4 Å². The lowest BCUT2D eigenvalue weighted by atomic mass is 10.1. The molecule has 3 rings (SSSR count). The number of nitrogens with one attached hydrogen (secondary N) is 2. The minimum atomic E-state index is -0.104. The molecule has 1 aromatic carbocycles. The maximum absolute atomic E-state index is 11.8. The summed E-state index contributed by atoms with van der Waals surface area (Å²) < 4.78 is 0. The number of hydrazone groups is 1. The summed E-state index contributed by atoms with van der Waals surface area (Å²) in [7, 11) is 0. The van der Waals surface area contributed by atoms with E-state index in [1.165, 1.54) is 0 Å². The van der Waals surface area contributed by atoms with Gasteiger partial charge in [0.05, 0.1) is 17.8 Å². The molecule has 1 saturated heterocycles. The number of nitrogens with zero attached hydrogens (tertiary/aromatic N) is 2. The van der Waals surface area contributed by atoms with Crippen molar-refractivity contribution >= 4 is 23.0 Å². The van der Waals surface area contributed by atoms with Crippen LogP contribution in [0.4, 0.5) is 0 Å². The molecule has 1 aliphatic heterocycles. The fourth-order valence-electron chi connectivity index (χ4n) is 2.33. The van der Waals surface area contributed by atoms with E-state index in [-0.39, 0.29) is 11.9 Å². The van der Waals surface area contributed by atoms with Gasteiger partial charge in [0.25, 0.3) is 5.91 Å². The molecule has 0 aliphatic carbocycles. The van der Waals surface area contributed by atoms with Crippen LogP contribution in [0.3, 0.4) is 0 Å². The Hall–Kier alpha value is -2.27. The molecule has 0 bridgehead atoms. The van der Waals surface area contributed by atoms with E-state index in [1.807, 2.05) is 30.3 Å². The third kappa shape index (κ3) is 2.83. The fourth-order valence-corrected chi connectivity index (χ4v) is 2.33. The number of hydrogen-bond acceptors (Lipinski definition) is 4. The van der Waals surface area contributed by atoms with Crippen molar-refractivity contribution in [3.05, 3.63) is 42.1 Å². The Kier molecular flexibility index (Phi) is 3.69. The maximum Gasteiger partial charge on any atom is 0.257 e. The van der Waals surface area contributed by atoms with Gasteiger partial charge in [-0.25, -0.2) is 5.43 Å². The van der Waals surface area contributed by atoms with Crippen LogP contribution >= 0.6 is 0 Å². The molecule has 1 aromatic heterocycles. The van der Waals surface area contributed by atoms with E-state index >= 15 is 0 Å². The Morgan fingerprint density at radius 1 is 1.45 bits per heavy atom. The van der Waals surface area contributed by atoms with Crippen molar-refractivity contribution in [2.75, 3.05) is 6.54 Å². The van der Waals surface area contributed by atoms with Crippen LogP contribution < -0.4 is 10.7 Å². The zero-order valence-electron chi connectivity index (χ0n) is 11.0. The van der Waals surface area contributed by atoms with Gasteiger partial charge in [-0.1, -0.05) is 12.1 Å². The third-order valence-electron chi connectivity index (χ3n) is 3.39. The highest BCUT2D eigenvalue weighted by atomic mass is 16.2. The van der Waals surface area contributed by atoms with E-state index in [2.05, 4.69) is 20.8 Å². The number of carbonyl (C=O) groups excluding carboxylic acids is 1. The van der Waals surface area contributed by atoms with Gasteiger partial charge in [-0.3, -0.25) is 9.78 Å². The smallest absolute Gasteiger partial charge is 0.257 e. The van der Waals surface area contributed by atoms with Crippen LogP contribution in [-0.2, 0) is 4.79 Å².